The molecule has 1 saturated heterocycles. The molecule has 124 valence electrons. The number of carbonyl (C=O) groups is 2. The summed E-state index contributed by atoms with van der Waals surface area (Å²) in [6.07, 6.45) is 1.47. The molecular weight excluding hydrogens is 302 g/mol. The summed E-state index contributed by atoms with van der Waals surface area (Å²) in [6.45, 7) is 5.65. The highest BCUT2D eigenvalue weighted by Gasteiger charge is 2.48. The summed E-state index contributed by atoms with van der Waals surface area (Å²) in [5, 5.41) is 20.4. The number of carbonyl (C=O) groups excluding carboxylic acids is 1. The molecule has 23 heavy (non-hydrogen) atoms. The number of nitrogens with zero attached hydrogens (tertiary/aromatic N) is 3. The van der Waals surface area contributed by atoms with Crippen LogP contribution in [0.3, 0.4) is 0 Å². The van der Waals surface area contributed by atoms with E-state index >= 15 is 0 Å². The summed E-state index contributed by atoms with van der Waals surface area (Å²) in [5.41, 5.74) is -0.703. The zero-order valence-electron chi connectivity index (χ0n) is 13.3. The standard InChI is InChI=1S/C15H19N3O5/c1-9(2)15(14(20)21)4-5-17(8-15)13(19)12-6-11(18(22)23)7-16-10(12)3/h6-7,9H,4-5,8H2,1-3H3,(H,20,21). The first-order valence-corrected chi connectivity index (χ1v) is 7.32. The summed E-state index contributed by atoms with van der Waals surface area (Å²) in [5.74, 6) is -1.46. The van der Waals surface area contributed by atoms with Crippen molar-refractivity contribution in [3.8, 4) is 0 Å². The number of aryl methyl sites for hydroxylation is 1. The summed E-state index contributed by atoms with van der Waals surface area (Å²) < 4.78 is 0. The van der Waals surface area contributed by atoms with Crippen LogP contribution in [0.1, 0.15) is 36.3 Å². The molecule has 1 fully saturated rings. The monoisotopic (exact) mass is 321 g/mol. The minimum absolute atomic E-state index is 0.0982. The third kappa shape index (κ3) is 2.88. The van der Waals surface area contributed by atoms with Crippen LogP contribution in [-0.2, 0) is 4.79 Å². The number of likely N-dealkylation sites (tertiary alicyclic amines) is 1. The van der Waals surface area contributed by atoms with E-state index < -0.39 is 22.2 Å². The lowest BCUT2D eigenvalue weighted by Crippen LogP contribution is -2.40. The Morgan fingerprint density at radius 3 is 2.61 bits per heavy atom. The van der Waals surface area contributed by atoms with Crippen LogP contribution in [0.25, 0.3) is 0 Å². The predicted molar refractivity (Wildman–Crippen MR) is 81.1 cm³/mol. The Morgan fingerprint density at radius 1 is 1.48 bits per heavy atom. The van der Waals surface area contributed by atoms with Gasteiger partial charge in [-0.1, -0.05) is 13.8 Å². The van der Waals surface area contributed by atoms with Crippen molar-refractivity contribution in [3.63, 3.8) is 0 Å². The Labute approximate surface area is 133 Å². The van der Waals surface area contributed by atoms with Crippen molar-refractivity contribution in [1.82, 2.24) is 9.88 Å². The Hall–Kier alpha value is -2.51. The van der Waals surface area contributed by atoms with Crippen LogP contribution in [-0.4, -0.2) is 44.9 Å². The molecular formula is C15H19N3O5. The van der Waals surface area contributed by atoms with Crippen LogP contribution in [0.2, 0.25) is 0 Å². The summed E-state index contributed by atoms with van der Waals surface area (Å²) in [4.78, 5) is 39.9. The average Bonchev–Trinajstić information content (AvgIpc) is 2.93. The maximum atomic E-state index is 12.6. The number of hydrogen-bond donors (Lipinski definition) is 1. The number of aromatic nitrogens is 1. The van der Waals surface area contributed by atoms with Gasteiger partial charge in [-0.25, -0.2) is 0 Å². The van der Waals surface area contributed by atoms with Gasteiger partial charge in [-0.05, 0) is 19.3 Å². The molecule has 1 atom stereocenters. The highest BCUT2D eigenvalue weighted by atomic mass is 16.6. The highest BCUT2D eigenvalue weighted by Crippen LogP contribution is 2.38. The van der Waals surface area contributed by atoms with Crippen molar-refractivity contribution < 1.29 is 19.6 Å². The lowest BCUT2D eigenvalue weighted by atomic mass is 9.76. The molecule has 1 aromatic heterocycles. The van der Waals surface area contributed by atoms with E-state index in [1.807, 2.05) is 13.8 Å². The molecule has 2 heterocycles. The van der Waals surface area contributed by atoms with Gasteiger partial charge in [-0.2, -0.15) is 0 Å². The van der Waals surface area contributed by atoms with Gasteiger partial charge in [0.05, 0.1) is 21.6 Å². The van der Waals surface area contributed by atoms with Crippen molar-refractivity contribution >= 4 is 17.6 Å². The summed E-state index contributed by atoms with van der Waals surface area (Å²) >= 11 is 0. The molecule has 1 aliphatic heterocycles. The fraction of sp³-hybridized carbons (Fsp3) is 0.533. The van der Waals surface area contributed by atoms with Crippen LogP contribution in [0.5, 0.6) is 0 Å². The van der Waals surface area contributed by atoms with Gasteiger partial charge >= 0.3 is 5.97 Å². The molecule has 1 aromatic rings. The maximum Gasteiger partial charge on any atom is 0.311 e. The molecule has 2 rings (SSSR count). The minimum Gasteiger partial charge on any atom is -0.481 e. The summed E-state index contributed by atoms with van der Waals surface area (Å²) in [7, 11) is 0. The van der Waals surface area contributed by atoms with Crippen LogP contribution in [0, 0.1) is 28.4 Å². The van der Waals surface area contributed by atoms with E-state index in [9.17, 15) is 24.8 Å². The second kappa shape index (κ2) is 5.94. The number of carboxylic acids is 1. The molecule has 8 heteroatoms. The topological polar surface area (TPSA) is 114 Å². The molecule has 8 nitrogen and oxygen atoms in total. The van der Waals surface area contributed by atoms with Crippen LogP contribution >= 0.6 is 0 Å². The van der Waals surface area contributed by atoms with Crippen LogP contribution in [0.15, 0.2) is 12.3 Å². The second-order valence-electron chi connectivity index (χ2n) is 6.18. The molecule has 0 aromatic carbocycles. The van der Waals surface area contributed by atoms with Gasteiger partial charge in [-0.15, -0.1) is 0 Å². The van der Waals surface area contributed by atoms with Crippen molar-refractivity contribution in [1.29, 1.82) is 0 Å². The Balaban J connectivity index is 2.31. The Kier molecular flexibility index (Phi) is 4.35. The third-order valence-electron chi connectivity index (χ3n) is 4.63. The molecule has 0 bridgehead atoms. The Bertz CT molecular complexity index is 673. The maximum absolute atomic E-state index is 12.6. The number of pyridine rings is 1. The van der Waals surface area contributed by atoms with Gasteiger partial charge in [-0.3, -0.25) is 24.7 Å². The van der Waals surface area contributed by atoms with Crippen molar-refractivity contribution in [2.75, 3.05) is 13.1 Å². The predicted octanol–water partition coefficient (Wildman–Crippen LogP) is 1.87. The second-order valence-corrected chi connectivity index (χ2v) is 6.18. The number of hydrogen-bond acceptors (Lipinski definition) is 5. The lowest BCUT2D eigenvalue weighted by Gasteiger charge is -2.28. The van der Waals surface area contributed by atoms with Gasteiger partial charge in [0.2, 0.25) is 0 Å². The largest absolute Gasteiger partial charge is 0.481 e. The smallest absolute Gasteiger partial charge is 0.311 e. The SMILES string of the molecule is Cc1ncc([N+](=O)[O-])cc1C(=O)N1CCC(C(=O)O)(C(C)C)C1. The van der Waals surface area contributed by atoms with E-state index in [1.54, 1.807) is 6.92 Å². The van der Waals surface area contributed by atoms with Crippen LogP contribution < -0.4 is 0 Å². The quantitative estimate of drug-likeness (QED) is 0.669. The van der Waals surface area contributed by atoms with Gasteiger partial charge < -0.3 is 10.0 Å². The number of carboxylic acid groups (broad SMARTS) is 1. The summed E-state index contributed by atoms with van der Waals surface area (Å²) in [6, 6.07) is 1.20. The zero-order valence-corrected chi connectivity index (χ0v) is 13.3. The molecule has 0 saturated carbocycles. The third-order valence-corrected chi connectivity index (χ3v) is 4.63. The van der Waals surface area contributed by atoms with Gasteiger partial charge in [0.1, 0.15) is 6.20 Å². The fourth-order valence-corrected chi connectivity index (χ4v) is 2.91. The molecule has 0 spiro atoms. The van der Waals surface area contributed by atoms with Gasteiger partial charge in [0.15, 0.2) is 0 Å². The number of rotatable bonds is 4. The van der Waals surface area contributed by atoms with Crippen molar-refractivity contribution in [2.45, 2.75) is 27.2 Å². The number of amides is 1. The van der Waals surface area contributed by atoms with Gasteiger partial charge in [0, 0.05) is 19.2 Å². The molecule has 1 amide bonds. The van der Waals surface area contributed by atoms with E-state index in [0.717, 1.165) is 6.20 Å². The fourth-order valence-electron chi connectivity index (χ4n) is 2.91. The van der Waals surface area contributed by atoms with Crippen molar-refractivity contribution in [2.24, 2.45) is 11.3 Å². The molecule has 1 aliphatic rings. The first-order chi connectivity index (χ1) is 10.7. The first kappa shape index (κ1) is 16.9. The lowest BCUT2D eigenvalue weighted by molar-refractivity contribution is -0.385. The number of aliphatic carboxylic acids is 1. The average molecular weight is 321 g/mol. The highest BCUT2D eigenvalue weighted by molar-refractivity contribution is 5.96. The molecule has 1 unspecified atom stereocenters. The van der Waals surface area contributed by atoms with Crippen LogP contribution in [0.4, 0.5) is 5.69 Å². The van der Waals surface area contributed by atoms with E-state index in [2.05, 4.69) is 4.98 Å². The normalized spacial score (nSPS) is 20.8. The van der Waals surface area contributed by atoms with E-state index in [4.69, 9.17) is 0 Å². The first-order valence-electron chi connectivity index (χ1n) is 7.32. The van der Waals surface area contributed by atoms with E-state index in [0.29, 0.717) is 18.7 Å². The number of nitro groups is 1. The molecule has 1 N–H and O–H groups in total. The van der Waals surface area contributed by atoms with E-state index in [-0.39, 0.29) is 23.7 Å². The minimum atomic E-state index is -0.974. The molecule has 0 radical (unpaired) electrons. The van der Waals surface area contributed by atoms with Crippen molar-refractivity contribution in [3.05, 3.63) is 33.6 Å². The zero-order chi connectivity index (χ0) is 17.4. The van der Waals surface area contributed by atoms with Gasteiger partial charge in [0.25, 0.3) is 11.6 Å². The van der Waals surface area contributed by atoms with E-state index in [1.165, 1.54) is 11.0 Å². The Morgan fingerprint density at radius 2 is 2.13 bits per heavy atom. The molecule has 0 aliphatic carbocycles.